The molecule has 134 valence electrons. The van der Waals surface area contributed by atoms with Gasteiger partial charge < -0.3 is 4.90 Å². The molecule has 6 heteroatoms. The van der Waals surface area contributed by atoms with Crippen molar-refractivity contribution < 1.29 is 0 Å². The molecule has 0 amide bonds. The van der Waals surface area contributed by atoms with Crippen molar-refractivity contribution in [2.75, 3.05) is 19.6 Å². The van der Waals surface area contributed by atoms with Crippen LogP contribution in [0, 0.1) is 0 Å². The third kappa shape index (κ3) is 4.28. The Labute approximate surface area is 149 Å². The van der Waals surface area contributed by atoms with Crippen LogP contribution in [0.4, 0.5) is 0 Å². The molecule has 0 aliphatic rings. The van der Waals surface area contributed by atoms with Gasteiger partial charge in [-0.25, -0.2) is 4.79 Å². The first kappa shape index (κ1) is 20.5. The summed E-state index contributed by atoms with van der Waals surface area (Å²) < 4.78 is 3.15. The molecule has 0 unspecified atom stereocenters. The maximum atomic E-state index is 12.8. The van der Waals surface area contributed by atoms with Gasteiger partial charge in [0.15, 0.2) is 0 Å². The van der Waals surface area contributed by atoms with E-state index in [0.29, 0.717) is 25.0 Å². The molecular weight excluding hydrogens is 326 g/mol. The van der Waals surface area contributed by atoms with E-state index >= 15 is 0 Å². The third-order valence-electron chi connectivity index (χ3n) is 4.40. The molecule has 0 spiro atoms. The molecule has 0 radical (unpaired) electrons. The van der Waals surface area contributed by atoms with Crippen LogP contribution in [0.15, 0.2) is 33.9 Å². The summed E-state index contributed by atoms with van der Waals surface area (Å²) in [6.07, 6.45) is 1.94. The standard InChI is InChI=1S/C18H27N3O2.ClH/c1-4-7-12-20-16-11-9-8-10-15(16)17(22)21(18(20)23)14-13-19(5-2)6-3;/h8-11H,4-7,12-14H2,1-3H3;1H. The second-order valence-electron chi connectivity index (χ2n) is 5.79. The molecule has 0 bridgehead atoms. The van der Waals surface area contributed by atoms with Crippen molar-refractivity contribution in [2.45, 2.75) is 46.7 Å². The molecule has 0 N–H and O–H groups in total. The summed E-state index contributed by atoms with van der Waals surface area (Å²) in [5, 5.41) is 0.628. The van der Waals surface area contributed by atoms with Gasteiger partial charge in [0.2, 0.25) is 0 Å². The van der Waals surface area contributed by atoms with Crippen molar-refractivity contribution in [1.29, 1.82) is 0 Å². The van der Waals surface area contributed by atoms with Crippen molar-refractivity contribution in [2.24, 2.45) is 0 Å². The van der Waals surface area contributed by atoms with Gasteiger partial charge in [0, 0.05) is 19.6 Å². The number of hydrogen-bond donors (Lipinski definition) is 0. The van der Waals surface area contributed by atoms with Crippen LogP contribution in [0.2, 0.25) is 0 Å². The summed E-state index contributed by atoms with van der Waals surface area (Å²) in [6.45, 7) is 9.93. The number of hydrogen-bond acceptors (Lipinski definition) is 3. The molecule has 0 aliphatic heterocycles. The number of aromatic nitrogens is 2. The number of unbranched alkanes of at least 4 members (excludes halogenated alkanes) is 1. The molecule has 2 aromatic rings. The number of benzene rings is 1. The fourth-order valence-corrected chi connectivity index (χ4v) is 2.88. The fraction of sp³-hybridized carbons (Fsp3) is 0.556. The van der Waals surface area contributed by atoms with Crippen LogP contribution in [-0.4, -0.2) is 33.7 Å². The van der Waals surface area contributed by atoms with Crippen molar-refractivity contribution in [3.63, 3.8) is 0 Å². The van der Waals surface area contributed by atoms with E-state index in [1.54, 1.807) is 4.57 Å². The predicted molar refractivity (Wildman–Crippen MR) is 102 cm³/mol. The zero-order valence-electron chi connectivity index (χ0n) is 14.8. The van der Waals surface area contributed by atoms with Gasteiger partial charge >= 0.3 is 5.69 Å². The smallest absolute Gasteiger partial charge is 0.302 e. The van der Waals surface area contributed by atoms with Crippen molar-refractivity contribution in [1.82, 2.24) is 14.0 Å². The Morgan fingerprint density at radius 1 is 0.958 bits per heavy atom. The Balaban J connectivity index is 0.00000288. The Kier molecular flexibility index (Phi) is 8.22. The lowest BCUT2D eigenvalue weighted by Gasteiger charge is -2.19. The van der Waals surface area contributed by atoms with Gasteiger partial charge in [-0.15, -0.1) is 12.4 Å². The highest BCUT2D eigenvalue weighted by atomic mass is 35.5. The average Bonchev–Trinajstić information content (AvgIpc) is 2.58. The maximum absolute atomic E-state index is 12.8. The fourth-order valence-electron chi connectivity index (χ4n) is 2.88. The van der Waals surface area contributed by atoms with E-state index in [1.807, 2.05) is 24.3 Å². The summed E-state index contributed by atoms with van der Waals surface area (Å²) >= 11 is 0. The van der Waals surface area contributed by atoms with E-state index in [9.17, 15) is 9.59 Å². The van der Waals surface area contributed by atoms with E-state index in [-0.39, 0.29) is 23.7 Å². The van der Waals surface area contributed by atoms with Gasteiger partial charge in [-0.2, -0.15) is 0 Å². The van der Waals surface area contributed by atoms with Crippen molar-refractivity contribution in [3.05, 3.63) is 45.1 Å². The van der Waals surface area contributed by atoms with Crippen molar-refractivity contribution >= 4 is 23.3 Å². The molecule has 1 aromatic heterocycles. The summed E-state index contributed by atoms with van der Waals surface area (Å²) in [7, 11) is 0. The van der Waals surface area contributed by atoms with Gasteiger partial charge in [0.05, 0.1) is 10.9 Å². The Morgan fingerprint density at radius 3 is 2.25 bits per heavy atom. The van der Waals surface area contributed by atoms with E-state index < -0.39 is 0 Å². The molecule has 0 aliphatic carbocycles. The van der Waals surface area contributed by atoms with E-state index in [4.69, 9.17) is 0 Å². The summed E-state index contributed by atoms with van der Waals surface area (Å²) in [5.41, 5.74) is 0.384. The zero-order chi connectivity index (χ0) is 16.8. The first-order valence-electron chi connectivity index (χ1n) is 8.58. The molecule has 0 saturated carbocycles. The van der Waals surface area contributed by atoms with Crippen LogP contribution >= 0.6 is 12.4 Å². The maximum Gasteiger partial charge on any atom is 0.331 e. The van der Waals surface area contributed by atoms with Gasteiger partial charge in [-0.05, 0) is 31.6 Å². The Hall–Kier alpha value is -1.59. The molecule has 1 aromatic carbocycles. The summed E-state index contributed by atoms with van der Waals surface area (Å²) in [5.74, 6) is 0. The van der Waals surface area contributed by atoms with Gasteiger partial charge in [0.25, 0.3) is 5.56 Å². The number of likely N-dealkylation sites (N-methyl/N-ethyl adjacent to an activating group) is 1. The molecule has 2 rings (SSSR count). The van der Waals surface area contributed by atoms with Gasteiger partial charge in [-0.3, -0.25) is 13.9 Å². The average molecular weight is 354 g/mol. The van der Waals surface area contributed by atoms with Crippen LogP contribution in [0.5, 0.6) is 0 Å². The predicted octanol–water partition coefficient (Wildman–Crippen LogP) is 2.73. The highest BCUT2D eigenvalue weighted by Gasteiger charge is 2.13. The quantitative estimate of drug-likeness (QED) is 0.733. The van der Waals surface area contributed by atoms with E-state index in [1.165, 1.54) is 4.57 Å². The monoisotopic (exact) mass is 353 g/mol. The second-order valence-corrected chi connectivity index (χ2v) is 5.79. The van der Waals surface area contributed by atoms with Crippen LogP contribution in [0.25, 0.3) is 10.9 Å². The number of nitrogens with zero attached hydrogens (tertiary/aromatic N) is 3. The third-order valence-corrected chi connectivity index (χ3v) is 4.40. The number of halogens is 1. The molecule has 24 heavy (non-hydrogen) atoms. The molecule has 1 heterocycles. The second kappa shape index (κ2) is 9.64. The minimum atomic E-state index is -0.186. The van der Waals surface area contributed by atoms with Crippen LogP contribution in [0.3, 0.4) is 0 Å². The Bertz CT molecular complexity index is 763. The molecule has 0 saturated heterocycles. The highest BCUT2D eigenvalue weighted by molar-refractivity contribution is 5.85. The van der Waals surface area contributed by atoms with Crippen LogP contribution < -0.4 is 11.2 Å². The van der Waals surface area contributed by atoms with Gasteiger partial charge in [-0.1, -0.05) is 39.3 Å². The van der Waals surface area contributed by atoms with E-state index in [0.717, 1.165) is 31.4 Å². The lowest BCUT2D eigenvalue weighted by Crippen LogP contribution is -2.42. The van der Waals surface area contributed by atoms with Gasteiger partial charge in [0.1, 0.15) is 0 Å². The number of fused-ring (bicyclic) bond motifs is 1. The molecule has 5 nitrogen and oxygen atoms in total. The topological polar surface area (TPSA) is 47.2 Å². The lowest BCUT2D eigenvalue weighted by atomic mass is 10.2. The number of rotatable bonds is 8. The minimum absolute atomic E-state index is 0. The molecule has 0 atom stereocenters. The normalized spacial score (nSPS) is 11.0. The first-order valence-corrected chi connectivity index (χ1v) is 8.58. The molecular formula is C18H28ClN3O2. The lowest BCUT2D eigenvalue weighted by molar-refractivity contribution is 0.286. The largest absolute Gasteiger partial charge is 0.331 e. The number of aryl methyl sites for hydroxylation is 1. The molecule has 0 fully saturated rings. The SMILES string of the molecule is CCCCn1c(=O)n(CCN(CC)CC)c(=O)c2ccccc21.Cl. The zero-order valence-corrected chi connectivity index (χ0v) is 15.6. The summed E-state index contributed by atoms with van der Waals surface area (Å²) in [6, 6.07) is 7.41. The number of para-hydroxylation sites is 1. The highest BCUT2D eigenvalue weighted by Crippen LogP contribution is 2.08. The minimum Gasteiger partial charge on any atom is -0.302 e. The van der Waals surface area contributed by atoms with E-state index in [2.05, 4.69) is 25.7 Å². The first-order chi connectivity index (χ1) is 11.1. The van der Waals surface area contributed by atoms with Crippen molar-refractivity contribution in [3.8, 4) is 0 Å². The Morgan fingerprint density at radius 2 is 1.62 bits per heavy atom. The van der Waals surface area contributed by atoms with Crippen LogP contribution in [-0.2, 0) is 13.1 Å². The van der Waals surface area contributed by atoms with Crippen LogP contribution in [0.1, 0.15) is 33.6 Å². The summed E-state index contributed by atoms with van der Waals surface area (Å²) in [4.78, 5) is 27.7.